The third-order valence-electron chi connectivity index (χ3n) is 7.16. The molecule has 0 amide bonds. The Bertz CT molecular complexity index is 953. The maximum absolute atomic E-state index is 11.8. The fourth-order valence-electron chi connectivity index (χ4n) is 5.50. The minimum absolute atomic E-state index is 0.0817. The van der Waals surface area contributed by atoms with E-state index in [1.165, 1.54) is 12.0 Å². The van der Waals surface area contributed by atoms with E-state index in [2.05, 4.69) is 14.9 Å². The molecule has 5 rings (SSSR count). The zero-order chi connectivity index (χ0) is 22.1. The van der Waals surface area contributed by atoms with Gasteiger partial charge < -0.3 is 19.3 Å². The fourth-order valence-corrected chi connectivity index (χ4v) is 6.73. The average Bonchev–Trinajstić information content (AvgIpc) is 3.39. The topological polar surface area (TPSA) is 94.0 Å². The van der Waals surface area contributed by atoms with Gasteiger partial charge in [0.15, 0.2) is 6.10 Å². The Hall–Kier alpha value is -1.81. The number of ether oxygens (including phenoxy) is 3. The minimum Gasteiger partial charge on any atom is -0.474 e. The lowest BCUT2D eigenvalue weighted by Gasteiger charge is -2.38. The van der Waals surface area contributed by atoms with Gasteiger partial charge in [0.1, 0.15) is 17.3 Å². The van der Waals surface area contributed by atoms with Crippen molar-refractivity contribution in [1.82, 2.24) is 14.9 Å². The molecular formula is C23H31N3O5S. The first-order valence-electron chi connectivity index (χ1n) is 11.6. The number of aryl methyl sites for hydroxylation is 1. The Balaban J connectivity index is 1.31. The van der Waals surface area contributed by atoms with Crippen molar-refractivity contribution in [3.63, 3.8) is 0 Å². The Morgan fingerprint density at radius 2 is 2.03 bits per heavy atom. The van der Waals surface area contributed by atoms with Gasteiger partial charge in [-0.05, 0) is 56.4 Å². The van der Waals surface area contributed by atoms with Gasteiger partial charge in [0.05, 0.1) is 25.7 Å². The summed E-state index contributed by atoms with van der Waals surface area (Å²) in [6.07, 6.45) is 7.11. The number of hydrogen-bond acceptors (Lipinski definition) is 9. The van der Waals surface area contributed by atoms with Crippen LogP contribution in [0.15, 0.2) is 6.33 Å². The first-order chi connectivity index (χ1) is 15.6. The Morgan fingerprint density at radius 3 is 2.78 bits per heavy atom. The van der Waals surface area contributed by atoms with Gasteiger partial charge in [0.2, 0.25) is 5.88 Å². The van der Waals surface area contributed by atoms with Crippen molar-refractivity contribution in [3.8, 4) is 5.88 Å². The molecule has 8 nitrogen and oxygen atoms in total. The molecule has 2 aromatic rings. The van der Waals surface area contributed by atoms with Crippen LogP contribution in [0.5, 0.6) is 5.88 Å². The second-order valence-corrected chi connectivity index (χ2v) is 10.1. The number of carbonyl (C=O) groups is 1. The van der Waals surface area contributed by atoms with E-state index >= 15 is 0 Å². The molecule has 0 aromatic carbocycles. The van der Waals surface area contributed by atoms with Crippen LogP contribution in [-0.4, -0.2) is 77.6 Å². The fraction of sp³-hybridized carbons (Fsp3) is 0.696. The molecule has 2 fully saturated rings. The lowest BCUT2D eigenvalue weighted by Crippen LogP contribution is -2.46. The van der Waals surface area contributed by atoms with E-state index in [4.69, 9.17) is 14.2 Å². The van der Waals surface area contributed by atoms with Crippen LogP contribution in [0.4, 0.5) is 0 Å². The van der Waals surface area contributed by atoms with Gasteiger partial charge in [-0.2, -0.15) is 0 Å². The number of rotatable bonds is 6. The van der Waals surface area contributed by atoms with Crippen LogP contribution in [0.25, 0.3) is 10.2 Å². The van der Waals surface area contributed by atoms with E-state index in [0.717, 1.165) is 80.6 Å². The first-order valence-corrected chi connectivity index (χ1v) is 12.5. The van der Waals surface area contributed by atoms with Gasteiger partial charge >= 0.3 is 5.97 Å². The van der Waals surface area contributed by atoms with Gasteiger partial charge in [-0.15, -0.1) is 11.3 Å². The number of methoxy groups -OCH3 is 1. The highest BCUT2D eigenvalue weighted by Gasteiger charge is 2.34. The van der Waals surface area contributed by atoms with Crippen LogP contribution in [-0.2, 0) is 20.7 Å². The van der Waals surface area contributed by atoms with Crippen LogP contribution in [0.2, 0.25) is 0 Å². The van der Waals surface area contributed by atoms with Gasteiger partial charge in [0.25, 0.3) is 0 Å². The molecule has 0 bridgehead atoms. The van der Waals surface area contributed by atoms with Crippen LogP contribution in [0.1, 0.15) is 54.9 Å². The van der Waals surface area contributed by atoms with E-state index in [9.17, 15) is 9.90 Å². The van der Waals surface area contributed by atoms with Crippen molar-refractivity contribution in [3.05, 3.63) is 16.8 Å². The summed E-state index contributed by atoms with van der Waals surface area (Å²) in [5.41, 5.74) is 1.16. The molecule has 1 aliphatic heterocycles. The lowest BCUT2D eigenvalue weighted by molar-refractivity contribution is -0.150. The third-order valence-corrected chi connectivity index (χ3v) is 8.33. The molecule has 3 aliphatic rings. The highest BCUT2D eigenvalue weighted by molar-refractivity contribution is 7.19. The zero-order valence-corrected chi connectivity index (χ0v) is 19.3. The number of nitrogens with zero attached hydrogens (tertiary/aromatic N) is 3. The number of hydrogen-bond donors (Lipinski definition) is 1. The lowest BCUT2D eigenvalue weighted by atomic mass is 9.91. The normalized spacial score (nSPS) is 27.2. The number of fused-ring (bicyclic) bond motifs is 3. The largest absolute Gasteiger partial charge is 0.474 e. The summed E-state index contributed by atoms with van der Waals surface area (Å²) >= 11 is 1.68. The summed E-state index contributed by atoms with van der Waals surface area (Å²) < 4.78 is 16.7. The SMILES string of the molecule is COC(=O)C(O)C[C@H]1CCc2sc3ncnc(O[C@H]4CC[C@H](N5CCOCC5)CC4)c3c21. The number of thiophene rings is 1. The highest BCUT2D eigenvalue weighted by atomic mass is 32.1. The van der Waals surface area contributed by atoms with Crippen molar-refractivity contribution >= 4 is 27.5 Å². The number of aliphatic hydroxyl groups is 1. The molecule has 3 heterocycles. The molecule has 9 heteroatoms. The third kappa shape index (κ3) is 4.35. The Labute approximate surface area is 191 Å². The number of aromatic nitrogens is 2. The van der Waals surface area contributed by atoms with E-state index in [-0.39, 0.29) is 12.0 Å². The maximum Gasteiger partial charge on any atom is 0.334 e. The van der Waals surface area contributed by atoms with E-state index in [0.29, 0.717) is 18.3 Å². The predicted molar refractivity (Wildman–Crippen MR) is 120 cm³/mol. The number of esters is 1. The van der Waals surface area contributed by atoms with E-state index in [1.54, 1.807) is 17.7 Å². The monoisotopic (exact) mass is 461 g/mol. The molecule has 0 radical (unpaired) electrons. The maximum atomic E-state index is 11.8. The van der Waals surface area contributed by atoms with Gasteiger partial charge in [-0.3, -0.25) is 4.90 Å². The van der Waals surface area contributed by atoms with Crippen LogP contribution in [0, 0.1) is 0 Å². The van der Waals surface area contributed by atoms with Gasteiger partial charge in [-0.25, -0.2) is 14.8 Å². The van der Waals surface area contributed by atoms with Crippen molar-refractivity contribution in [2.24, 2.45) is 0 Å². The van der Waals surface area contributed by atoms with Crippen molar-refractivity contribution in [2.45, 2.75) is 69.1 Å². The molecule has 2 atom stereocenters. The Kier molecular flexibility index (Phi) is 6.59. The minimum atomic E-state index is -1.12. The molecule has 1 saturated carbocycles. The second kappa shape index (κ2) is 9.59. The molecule has 1 unspecified atom stereocenters. The van der Waals surface area contributed by atoms with Crippen molar-refractivity contribution < 1.29 is 24.1 Å². The summed E-state index contributed by atoms with van der Waals surface area (Å²) in [7, 11) is 1.30. The highest BCUT2D eigenvalue weighted by Crippen LogP contribution is 2.47. The molecule has 2 aromatic heterocycles. The summed E-state index contributed by atoms with van der Waals surface area (Å²) in [6.45, 7) is 3.74. The van der Waals surface area contributed by atoms with E-state index < -0.39 is 12.1 Å². The molecule has 1 saturated heterocycles. The van der Waals surface area contributed by atoms with E-state index in [1.807, 2.05) is 0 Å². The number of morpholine rings is 1. The molecule has 0 spiro atoms. The second-order valence-electron chi connectivity index (χ2n) is 9.00. The van der Waals surface area contributed by atoms with Gasteiger partial charge in [0, 0.05) is 24.0 Å². The standard InChI is InChI=1S/C23H31N3O5S/c1-29-23(28)17(27)12-14-2-7-18-19(14)20-21(24-13-25-22(20)32-18)31-16-5-3-15(4-6-16)26-8-10-30-11-9-26/h13-17,27H,2-12H2,1H3/t14-,15-,16-,17?/m1/s1. The molecule has 32 heavy (non-hydrogen) atoms. The Morgan fingerprint density at radius 1 is 1.25 bits per heavy atom. The predicted octanol–water partition coefficient (Wildman–Crippen LogP) is 2.67. The average molecular weight is 462 g/mol. The molecule has 2 aliphatic carbocycles. The molecule has 1 N–H and O–H groups in total. The molecule has 174 valence electrons. The number of aliphatic hydroxyl groups excluding tert-OH is 1. The summed E-state index contributed by atoms with van der Waals surface area (Å²) in [5.74, 6) is 0.155. The zero-order valence-electron chi connectivity index (χ0n) is 18.5. The summed E-state index contributed by atoms with van der Waals surface area (Å²) in [5, 5.41) is 11.2. The van der Waals surface area contributed by atoms with Crippen molar-refractivity contribution in [2.75, 3.05) is 33.4 Å². The summed E-state index contributed by atoms with van der Waals surface area (Å²) in [4.78, 5) is 25.5. The van der Waals surface area contributed by atoms with Crippen LogP contribution >= 0.6 is 11.3 Å². The first kappa shape index (κ1) is 22.0. The quantitative estimate of drug-likeness (QED) is 0.657. The number of carbonyl (C=O) groups excluding carboxylic acids is 1. The van der Waals surface area contributed by atoms with Crippen LogP contribution in [0.3, 0.4) is 0 Å². The smallest absolute Gasteiger partial charge is 0.334 e. The van der Waals surface area contributed by atoms with Crippen molar-refractivity contribution in [1.29, 1.82) is 0 Å². The molecular weight excluding hydrogens is 430 g/mol. The summed E-state index contributed by atoms with van der Waals surface area (Å²) in [6, 6.07) is 0.624. The van der Waals surface area contributed by atoms with Gasteiger partial charge in [-0.1, -0.05) is 0 Å². The van der Waals surface area contributed by atoms with Crippen LogP contribution < -0.4 is 4.74 Å².